The Kier molecular flexibility index (Phi) is 6.60. The van der Waals surface area contributed by atoms with E-state index in [4.69, 9.17) is 5.26 Å². The monoisotopic (exact) mass is 403 g/mol. The van der Waals surface area contributed by atoms with Crippen molar-refractivity contribution in [3.8, 4) is 6.07 Å². The van der Waals surface area contributed by atoms with E-state index in [0.717, 1.165) is 56.1 Å². The van der Waals surface area contributed by atoms with Gasteiger partial charge in [-0.1, -0.05) is 6.07 Å². The molecular formula is C24H29N5O. The number of carbonyl (C=O) groups is 1. The molecule has 1 fully saturated rings. The molecule has 4 rings (SSSR count). The highest BCUT2D eigenvalue weighted by Crippen LogP contribution is 2.28. The predicted octanol–water partition coefficient (Wildman–Crippen LogP) is 4.08. The fraction of sp³-hybridized carbons (Fsp3) is 0.458. The number of nitriles is 1. The number of carbonyl (C=O) groups excluding carboxylic acids is 1. The van der Waals surface area contributed by atoms with E-state index in [1.165, 1.54) is 30.4 Å². The number of fused-ring (bicyclic) bond motifs is 1. The number of pyridine rings is 1. The average Bonchev–Trinajstić information content (AvgIpc) is 2.78. The summed E-state index contributed by atoms with van der Waals surface area (Å²) in [6.07, 6.45) is 10.1. The molecule has 2 N–H and O–H groups in total. The van der Waals surface area contributed by atoms with Gasteiger partial charge >= 0.3 is 6.03 Å². The summed E-state index contributed by atoms with van der Waals surface area (Å²) in [5.41, 5.74) is 4.24. The minimum absolute atomic E-state index is 0.129. The first kappa shape index (κ1) is 20.4. The summed E-state index contributed by atoms with van der Waals surface area (Å²) in [4.78, 5) is 18.7. The Balaban J connectivity index is 1.16. The van der Waals surface area contributed by atoms with Gasteiger partial charge in [0.05, 0.1) is 11.6 Å². The summed E-state index contributed by atoms with van der Waals surface area (Å²) in [6, 6.07) is 12.0. The molecule has 156 valence electrons. The van der Waals surface area contributed by atoms with Crippen LogP contribution < -0.4 is 10.6 Å². The molecule has 0 unspecified atom stereocenters. The second kappa shape index (κ2) is 9.73. The van der Waals surface area contributed by atoms with Gasteiger partial charge in [0.25, 0.3) is 0 Å². The number of anilines is 1. The molecule has 6 nitrogen and oxygen atoms in total. The molecule has 0 spiro atoms. The number of nitrogens with zero attached hydrogens (tertiary/aromatic N) is 3. The molecule has 2 heterocycles. The lowest BCUT2D eigenvalue weighted by Crippen LogP contribution is -2.40. The molecule has 1 saturated carbocycles. The average molecular weight is 404 g/mol. The molecule has 2 aliphatic rings. The molecule has 1 aliphatic heterocycles. The number of nitrogens with one attached hydrogen (secondary N) is 2. The van der Waals surface area contributed by atoms with Crippen molar-refractivity contribution < 1.29 is 4.79 Å². The molecule has 0 saturated heterocycles. The molecule has 6 heteroatoms. The lowest BCUT2D eigenvalue weighted by molar-refractivity contribution is 0.205. The topological polar surface area (TPSA) is 81.0 Å². The molecule has 30 heavy (non-hydrogen) atoms. The standard InChI is InChI=1S/C24H29N5O/c25-16-19-1-4-21-17-29(14-10-20(21)15-19)13-9-18-2-5-22(6-3-18)27-24(30)28-23-7-11-26-12-8-23/h1,4,7-8,11-12,15,18,22H,2-3,5-6,9-10,13-14,17H2,(H2,26,27,28,30). The van der Waals surface area contributed by atoms with E-state index in [2.05, 4.69) is 32.7 Å². The van der Waals surface area contributed by atoms with Gasteiger partial charge < -0.3 is 10.6 Å². The van der Waals surface area contributed by atoms with Crippen LogP contribution in [0.25, 0.3) is 0 Å². The van der Waals surface area contributed by atoms with E-state index < -0.39 is 0 Å². The van der Waals surface area contributed by atoms with Crippen molar-refractivity contribution in [1.82, 2.24) is 15.2 Å². The van der Waals surface area contributed by atoms with Crippen LogP contribution in [0.3, 0.4) is 0 Å². The van der Waals surface area contributed by atoms with E-state index >= 15 is 0 Å². The van der Waals surface area contributed by atoms with Crippen molar-refractivity contribution in [2.75, 3.05) is 18.4 Å². The highest BCUT2D eigenvalue weighted by Gasteiger charge is 2.24. The zero-order valence-corrected chi connectivity index (χ0v) is 17.3. The maximum Gasteiger partial charge on any atom is 0.319 e. The number of amides is 2. The minimum atomic E-state index is -0.129. The van der Waals surface area contributed by atoms with Crippen LogP contribution in [0.4, 0.5) is 10.5 Å². The molecule has 0 atom stereocenters. The normalized spacial score (nSPS) is 21.3. The van der Waals surface area contributed by atoms with Crippen molar-refractivity contribution >= 4 is 11.7 Å². The molecule has 2 amide bonds. The first-order valence-electron chi connectivity index (χ1n) is 10.9. The van der Waals surface area contributed by atoms with Gasteiger partial charge in [-0.3, -0.25) is 9.88 Å². The summed E-state index contributed by atoms with van der Waals surface area (Å²) < 4.78 is 0. The third-order valence-corrected chi connectivity index (χ3v) is 6.40. The molecule has 1 aromatic carbocycles. The second-order valence-electron chi connectivity index (χ2n) is 8.46. The quantitative estimate of drug-likeness (QED) is 0.788. The van der Waals surface area contributed by atoms with E-state index in [0.29, 0.717) is 0 Å². The van der Waals surface area contributed by atoms with Crippen molar-refractivity contribution in [2.45, 2.75) is 51.1 Å². The first-order valence-corrected chi connectivity index (χ1v) is 10.9. The van der Waals surface area contributed by atoms with Gasteiger partial charge in [0.15, 0.2) is 0 Å². The SMILES string of the molecule is N#Cc1ccc2c(c1)CCN(CCC1CCC(NC(=O)Nc3ccncc3)CC1)C2. The summed E-state index contributed by atoms with van der Waals surface area (Å²) >= 11 is 0. The fourth-order valence-corrected chi connectivity index (χ4v) is 4.62. The van der Waals surface area contributed by atoms with Crippen LogP contribution in [0.5, 0.6) is 0 Å². The third-order valence-electron chi connectivity index (χ3n) is 6.40. The largest absolute Gasteiger partial charge is 0.335 e. The summed E-state index contributed by atoms with van der Waals surface area (Å²) in [6.45, 7) is 3.20. The molecule has 0 radical (unpaired) electrons. The Hall–Kier alpha value is -2.91. The predicted molar refractivity (Wildman–Crippen MR) is 117 cm³/mol. The van der Waals surface area contributed by atoms with Crippen LogP contribution in [0.1, 0.15) is 48.8 Å². The van der Waals surface area contributed by atoms with E-state index in [9.17, 15) is 4.79 Å². The maximum atomic E-state index is 12.2. The van der Waals surface area contributed by atoms with Crippen LogP contribution in [0.2, 0.25) is 0 Å². The number of rotatable bonds is 5. The minimum Gasteiger partial charge on any atom is -0.335 e. The lowest BCUT2D eigenvalue weighted by atomic mass is 9.84. The zero-order valence-electron chi connectivity index (χ0n) is 17.3. The van der Waals surface area contributed by atoms with Gasteiger partial charge in [-0.2, -0.15) is 5.26 Å². The second-order valence-corrected chi connectivity index (χ2v) is 8.46. The number of hydrogen-bond acceptors (Lipinski definition) is 4. The van der Waals surface area contributed by atoms with Gasteiger partial charge in [0.2, 0.25) is 0 Å². The first-order chi connectivity index (χ1) is 14.7. The Morgan fingerprint density at radius 2 is 1.93 bits per heavy atom. The van der Waals surface area contributed by atoms with E-state index in [1.807, 2.05) is 12.1 Å². The van der Waals surface area contributed by atoms with Gasteiger partial charge in [-0.25, -0.2) is 4.79 Å². The molecule has 1 aromatic heterocycles. The van der Waals surface area contributed by atoms with Gasteiger partial charge in [-0.05, 0) is 86.4 Å². The highest BCUT2D eigenvalue weighted by atomic mass is 16.2. The van der Waals surface area contributed by atoms with Crippen molar-refractivity contribution in [1.29, 1.82) is 5.26 Å². The van der Waals surface area contributed by atoms with Crippen molar-refractivity contribution in [3.05, 3.63) is 59.4 Å². The molecule has 0 bridgehead atoms. The molecule has 2 aromatic rings. The van der Waals surface area contributed by atoms with Crippen molar-refractivity contribution in [3.63, 3.8) is 0 Å². The zero-order chi connectivity index (χ0) is 20.8. The fourth-order valence-electron chi connectivity index (χ4n) is 4.62. The Morgan fingerprint density at radius 3 is 2.70 bits per heavy atom. The Bertz CT molecular complexity index is 900. The number of urea groups is 1. The number of benzene rings is 1. The maximum absolute atomic E-state index is 12.2. The van der Waals surface area contributed by atoms with Crippen LogP contribution >= 0.6 is 0 Å². The summed E-state index contributed by atoms with van der Waals surface area (Å²) in [5.74, 6) is 0.744. The van der Waals surface area contributed by atoms with Gasteiger partial charge in [-0.15, -0.1) is 0 Å². The Labute approximate surface area is 178 Å². The van der Waals surface area contributed by atoms with Crippen LogP contribution in [-0.2, 0) is 13.0 Å². The Morgan fingerprint density at radius 1 is 1.13 bits per heavy atom. The smallest absolute Gasteiger partial charge is 0.319 e. The molecular weight excluding hydrogens is 374 g/mol. The van der Waals surface area contributed by atoms with Crippen LogP contribution in [-0.4, -0.2) is 35.0 Å². The van der Waals surface area contributed by atoms with Crippen LogP contribution in [0.15, 0.2) is 42.7 Å². The summed E-state index contributed by atoms with van der Waals surface area (Å²) in [7, 11) is 0. The number of aromatic nitrogens is 1. The van der Waals surface area contributed by atoms with Gasteiger partial charge in [0, 0.05) is 37.2 Å². The summed E-state index contributed by atoms with van der Waals surface area (Å²) in [5, 5.41) is 15.0. The van der Waals surface area contributed by atoms with Crippen molar-refractivity contribution in [2.24, 2.45) is 5.92 Å². The van der Waals surface area contributed by atoms with E-state index in [1.54, 1.807) is 24.5 Å². The third kappa shape index (κ3) is 5.37. The van der Waals surface area contributed by atoms with E-state index in [-0.39, 0.29) is 12.1 Å². The lowest BCUT2D eigenvalue weighted by Gasteiger charge is -2.33. The highest BCUT2D eigenvalue weighted by molar-refractivity contribution is 5.89. The number of hydrogen-bond donors (Lipinski definition) is 2. The molecule has 1 aliphatic carbocycles. The van der Waals surface area contributed by atoms with Crippen LogP contribution in [0, 0.1) is 17.2 Å². The van der Waals surface area contributed by atoms with Gasteiger partial charge in [0.1, 0.15) is 0 Å².